The molecule has 0 amide bonds. The second kappa shape index (κ2) is 12.6. The van der Waals surface area contributed by atoms with Gasteiger partial charge in [0.25, 0.3) is 0 Å². The summed E-state index contributed by atoms with van der Waals surface area (Å²) in [5, 5.41) is 8.91. The van der Waals surface area contributed by atoms with E-state index in [-0.39, 0.29) is 42.3 Å². The maximum atomic E-state index is 15.0. The molecule has 2 aliphatic rings. The van der Waals surface area contributed by atoms with Crippen LogP contribution in [0, 0.1) is 17.0 Å². The Morgan fingerprint density at radius 3 is 2.41 bits per heavy atom. The number of carbonyl (C=O) groups is 1. The van der Waals surface area contributed by atoms with E-state index in [1.807, 2.05) is 12.1 Å². The number of rotatable bonds is 9. The van der Waals surface area contributed by atoms with E-state index in [9.17, 15) is 13.6 Å². The molecule has 3 aromatic carbocycles. The molecule has 0 spiro atoms. The summed E-state index contributed by atoms with van der Waals surface area (Å²) in [6, 6.07) is 15.4. The average molecular weight is 537 g/mol. The first-order valence-corrected chi connectivity index (χ1v) is 13.8. The molecule has 4 nitrogen and oxygen atoms in total. The van der Waals surface area contributed by atoms with E-state index in [1.54, 1.807) is 37.4 Å². The van der Waals surface area contributed by atoms with Gasteiger partial charge in [0, 0.05) is 12.0 Å². The van der Waals surface area contributed by atoms with Gasteiger partial charge in [-0.15, -0.1) is 0 Å². The number of methoxy groups -OCH3 is 1. The van der Waals surface area contributed by atoms with Crippen molar-refractivity contribution in [3.8, 4) is 22.6 Å². The second-order valence-corrected chi connectivity index (χ2v) is 11.2. The van der Waals surface area contributed by atoms with Gasteiger partial charge in [-0.2, -0.15) is 0 Å². The zero-order chi connectivity index (χ0) is 28.0. The lowest BCUT2D eigenvalue weighted by Gasteiger charge is -2.30. The molecule has 0 aliphatic heterocycles. The van der Waals surface area contributed by atoms with Crippen LogP contribution in [0.1, 0.15) is 81.4 Å². The molecule has 0 heterocycles. The molecule has 0 bridgehead atoms. The van der Waals surface area contributed by atoms with E-state index >= 15 is 0 Å². The fourth-order valence-corrected chi connectivity index (χ4v) is 5.24. The van der Waals surface area contributed by atoms with Gasteiger partial charge < -0.3 is 14.6 Å². The summed E-state index contributed by atoms with van der Waals surface area (Å²) in [5.41, 5.74) is 3.62. The topological polar surface area (TPSA) is 55.8 Å². The number of ether oxygens (including phenoxy) is 2. The van der Waals surface area contributed by atoms with Crippen LogP contribution in [0.25, 0.3) is 11.1 Å². The Morgan fingerprint density at radius 2 is 1.77 bits per heavy atom. The molecule has 0 aromatic heterocycles. The Hall–Kier alpha value is -3.41. The number of carboxylic acid groups (broad SMARTS) is 1. The summed E-state index contributed by atoms with van der Waals surface area (Å²) in [7, 11) is 1.56. The van der Waals surface area contributed by atoms with Crippen molar-refractivity contribution in [2.24, 2.45) is 5.41 Å². The van der Waals surface area contributed by atoms with E-state index in [1.165, 1.54) is 25.3 Å². The molecule has 39 heavy (non-hydrogen) atoms. The minimum Gasteiger partial charge on any atom is -0.497 e. The van der Waals surface area contributed by atoms with Gasteiger partial charge in [0.1, 0.15) is 18.2 Å². The lowest BCUT2D eigenvalue weighted by atomic mass is 9.75. The highest BCUT2D eigenvalue weighted by Gasteiger charge is 2.37. The molecule has 0 saturated heterocycles. The van der Waals surface area contributed by atoms with Crippen LogP contribution in [0.2, 0.25) is 0 Å². The molecule has 5 rings (SSSR count). The molecule has 208 valence electrons. The van der Waals surface area contributed by atoms with Crippen LogP contribution in [0.15, 0.2) is 54.6 Å². The standard InChI is InChI=1S/C30H32F2O4.C3H6/c1-30(2)15-5-7-25(30)23-16-19(9-12-22(23)24-17-21(35-3)11-13-26(24)31)18-36-27-8-4-6-20(29(27)32)10-14-28(33)34;1-2-3-1/h4,6,8-9,11-13,16-17,25H,5,7,10,14-15,18H2,1-3H3,(H,33,34);1-3H2. The highest BCUT2D eigenvalue weighted by Crippen LogP contribution is 2.51. The molecule has 1 N–H and O–H groups in total. The van der Waals surface area contributed by atoms with Gasteiger partial charge in [-0.1, -0.05) is 69.9 Å². The Kier molecular flexibility index (Phi) is 9.26. The van der Waals surface area contributed by atoms with Crippen molar-refractivity contribution in [1.29, 1.82) is 0 Å². The second-order valence-electron chi connectivity index (χ2n) is 11.2. The van der Waals surface area contributed by atoms with E-state index in [0.717, 1.165) is 36.0 Å². The van der Waals surface area contributed by atoms with Gasteiger partial charge in [0.15, 0.2) is 11.6 Å². The van der Waals surface area contributed by atoms with Gasteiger partial charge in [-0.3, -0.25) is 4.79 Å². The fraction of sp³-hybridized carbons (Fsp3) is 0.424. The van der Waals surface area contributed by atoms with E-state index in [2.05, 4.69) is 19.9 Å². The number of hydrogen-bond donors (Lipinski definition) is 1. The predicted molar refractivity (Wildman–Crippen MR) is 149 cm³/mol. The lowest BCUT2D eigenvalue weighted by Crippen LogP contribution is -2.17. The highest BCUT2D eigenvalue weighted by atomic mass is 19.1. The van der Waals surface area contributed by atoms with Crippen LogP contribution in [-0.4, -0.2) is 18.2 Å². The van der Waals surface area contributed by atoms with Crippen molar-refractivity contribution in [1.82, 2.24) is 0 Å². The average Bonchev–Trinajstić information content (AvgIpc) is 3.76. The summed E-state index contributed by atoms with van der Waals surface area (Å²) in [5.74, 6) is -0.898. The van der Waals surface area contributed by atoms with E-state index in [0.29, 0.717) is 16.9 Å². The van der Waals surface area contributed by atoms with E-state index < -0.39 is 11.8 Å². The Labute approximate surface area is 230 Å². The van der Waals surface area contributed by atoms with Crippen molar-refractivity contribution in [3.05, 3.63) is 82.9 Å². The van der Waals surface area contributed by atoms with Gasteiger partial charge in [-0.25, -0.2) is 8.78 Å². The van der Waals surface area contributed by atoms with E-state index in [4.69, 9.17) is 14.6 Å². The van der Waals surface area contributed by atoms with Crippen molar-refractivity contribution in [2.45, 2.75) is 77.7 Å². The monoisotopic (exact) mass is 536 g/mol. The fourth-order valence-electron chi connectivity index (χ4n) is 5.24. The summed E-state index contributed by atoms with van der Waals surface area (Å²) in [4.78, 5) is 10.9. The number of halogens is 2. The van der Waals surface area contributed by atoms with Crippen LogP contribution in [-0.2, 0) is 17.8 Å². The largest absolute Gasteiger partial charge is 0.497 e. The molecule has 2 fully saturated rings. The summed E-state index contributed by atoms with van der Waals surface area (Å²) >= 11 is 0. The predicted octanol–water partition coefficient (Wildman–Crippen LogP) is 8.70. The first-order valence-electron chi connectivity index (χ1n) is 13.8. The Morgan fingerprint density at radius 1 is 1.00 bits per heavy atom. The normalized spacial score (nSPS) is 17.2. The molecule has 0 radical (unpaired) electrons. The van der Waals surface area contributed by atoms with Crippen LogP contribution < -0.4 is 9.47 Å². The SMILES string of the molecule is C1CC1.COc1ccc(F)c(-c2ccc(COc3cccc(CCC(=O)O)c3F)cc2C2CCCC2(C)C)c1. The van der Waals surface area contributed by atoms with Crippen LogP contribution >= 0.6 is 0 Å². The van der Waals surface area contributed by atoms with Crippen molar-refractivity contribution < 1.29 is 28.2 Å². The number of carboxylic acids is 1. The number of aliphatic carboxylic acids is 1. The number of hydrogen-bond acceptors (Lipinski definition) is 3. The van der Waals surface area contributed by atoms with Crippen molar-refractivity contribution in [2.75, 3.05) is 7.11 Å². The molecule has 1 atom stereocenters. The van der Waals surface area contributed by atoms with Gasteiger partial charge in [0.05, 0.1) is 7.11 Å². The third kappa shape index (κ3) is 7.37. The maximum Gasteiger partial charge on any atom is 0.303 e. The lowest BCUT2D eigenvalue weighted by molar-refractivity contribution is -0.136. The molecule has 6 heteroatoms. The Balaban J connectivity index is 0.00000110. The maximum absolute atomic E-state index is 15.0. The quantitative estimate of drug-likeness (QED) is 0.297. The number of benzene rings is 3. The summed E-state index contributed by atoms with van der Waals surface area (Å²) in [6.45, 7) is 4.63. The van der Waals surface area contributed by atoms with Gasteiger partial charge in [0.2, 0.25) is 0 Å². The highest BCUT2D eigenvalue weighted by molar-refractivity contribution is 5.71. The first-order chi connectivity index (χ1) is 18.7. The minimum atomic E-state index is -0.976. The molecule has 1 unspecified atom stereocenters. The minimum absolute atomic E-state index is 0.0636. The zero-order valence-electron chi connectivity index (χ0n) is 23.1. The Bertz CT molecular complexity index is 1300. The summed E-state index contributed by atoms with van der Waals surface area (Å²) < 4.78 is 41.0. The third-order valence-corrected chi connectivity index (χ3v) is 7.61. The summed E-state index contributed by atoms with van der Waals surface area (Å²) in [6.07, 6.45) is 7.65. The van der Waals surface area contributed by atoms with Crippen molar-refractivity contribution >= 4 is 5.97 Å². The zero-order valence-corrected chi connectivity index (χ0v) is 23.1. The van der Waals surface area contributed by atoms with Crippen LogP contribution in [0.4, 0.5) is 8.78 Å². The third-order valence-electron chi connectivity index (χ3n) is 7.61. The van der Waals surface area contributed by atoms with Gasteiger partial charge >= 0.3 is 5.97 Å². The molecular weight excluding hydrogens is 498 g/mol. The number of aryl methyl sites for hydroxylation is 1. The smallest absolute Gasteiger partial charge is 0.303 e. The molecular formula is C33H38F2O4. The first kappa shape index (κ1) is 28.6. The molecule has 3 aromatic rings. The van der Waals surface area contributed by atoms with Gasteiger partial charge in [-0.05, 0) is 77.1 Å². The van der Waals surface area contributed by atoms with Crippen molar-refractivity contribution in [3.63, 3.8) is 0 Å². The molecule has 2 saturated carbocycles. The molecule has 2 aliphatic carbocycles. The van der Waals surface area contributed by atoms with Crippen LogP contribution in [0.3, 0.4) is 0 Å². The van der Waals surface area contributed by atoms with Crippen LogP contribution in [0.5, 0.6) is 11.5 Å².